The summed E-state index contributed by atoms with van der Waals surface area (Å²) in [5.41, 5.74) is 1.80. The first kappa shape index (κ1) is 14.7. The SMILES string of the molecule is Cc1nccc(C(=O)N2CCN(Cc3ccccc3)CC2)n1. The molecule has 0 spiro atoms. The molecule has 22 heavy (non-hydrogen) atoms. The third-order valence-electron chi connectivity index (χ3n) is 3.90. The van der Waals surface area contributed by atoms with E-state index in [0.717, 1.165) is 32.7 Å². The smallest absolute Gasteiger partial charge is 0.272 e. The fourth-order valence-electron chi connectivity index (χ4n) is 2.69. The van der Waals surface area contributed by atoms with Gasteiger partial charge in [-0.2, -0.15) is 0 Å². The van der Waals surface area contributed by atoms with Crippen LogP contribution in [0.2, 0.25) is 0 Å². The van der Waals surface area contributed by atoms with Crippen LogP contribution < -0.4 is 0 Å². The molecule has 0 N–H and O–H groups in total. The highest BCUT2D eigenvalue weighted by atomic mass is 16.2. The Labute approximate surface area is 130 Å². The maximum absolute atomic E-state index is 12.4. The van der Waals surface area contributed by atoms with E-state index in [1.807, 2.05) is 11.0 Å². The molecule has 0 atom stereocenters. The predicted molar refractivity (Wildman–Crippen MR) is 84.4 cm³/mol. The molecule has 1 aliphatic rings. The Balaban J connectivity index is 1.56. The van der Waals surface area contributed by atoms with Crippen LogP contribution in [0.4, 0.5) is 0 Å². The standard InChI is InChI=1S/C17H20N4O/c1-14-18-8-7-16(19-14)17(22)21-11-9-20(10-12-21)13-15-5-3-2-4-6-15/h2-8H,9-13H2,1H3. The van der Waals surface area contributed by atoms with E-state index in [1.165, 1.54) is 5.56 Å². The maximum atomic E-state index is 12.4. The van der Waals surface area contributed by atoms with E-state index in [2.05, 4.69) is 39.1 Å². The second-order valence-electron chi connectivity index (χ2n) is 5.54. The van der Waals surface area contributed by atoms with Crippen molar-refractivity contribution in [3.05, 3.63) is 59.7 Å². The van der Waals surface area contributed by atoms with Crippen LogP contribution in [0.25, 0.3) is 0 Å². The lowest BCUT2D eigenvalue weighted by molar-refractivity contribution is 0.0622. The van der Waals surface area contributed by atoms with Gasteiger partial charge in [0.1, 0.15) is 11.5 Å². The van der Waals surface area contributed by atoms with Crippen molar-refractivity contribution >= 4 is 5.91 Å². The van der Waals surface area contributed by atoms with Gasteiger partial charge in [0.2, 0.25) is 0 Å². The zero-order valence-electron chi connectivity index (χ0n) is 12.8. The van der Waals surface area contributed by atoms with E-state index in [-0.39, 0.29) is 5.91 Å². The number of carbonyl (C=O) groups excluding carboxylic acids is 1. The van der Waals surface area contributed by atoms with Gasteiger partial charge in [-0.05, 0) is 18.6 Å². The minimum atomic E-state index is 0.00450. The van der Waals surface area contributed by atoms with Gasteiger partial charge < -0.3 is 4.90 Å². The average Bonchev–Trinajstić information content (AvgIpc) is 2.56. The van der Waals surface area contributed by atoms with Gasteiger partial charge in [0, 0.05) is 38.9 Å². The second-order valence-corrected chi connectivity index (χ2v) is 5.54. The van der Waals surface area contributed by atoms with Gasteiger partial charge in [-0.3, -0.25) is 9.69 Å². The molecule has 1 amide bonds. The monoisotopic (exact) mass is 296 g/mol. The maximum Gasteiger partial charge on any atom is 0.272 e. The fourth-order valence-corrected chi connectivity index (χ4v) is 2.69. The van der Waals surface area contributed by atoms with E-state index < -0.39 is 0 Å². The van der Waals surface area contributed by atoms with Gasteiger partial charge in [0.15, 0.2) is 0 Å². The molecule has 5 heteroatoms. The van der Waals surface area contributed by atoms with Crippen molar-refractivity contribution in [2.75, 3.05) is 26.2 Å². The average molecular weight is 296 g/mol. The Morgan fingerprint density at radius 1 is 1.09 bits per heavy atom. The number of benzene rings is 1. The molecule has 0 radical (unpaired) electrons. The Kier molecular flexibility index (Phi) is 4.44. The summed E-state index contributed by atoms with van der Waals surface area (Å²) in [4.78, 5) is 24.9. The number of aromatic nitrogens is 2. The molecule has 3 rings (SSSR count). The van der Waals surface area contributed by atoms with Crippen molar-refractivity contribution in [2.24, 2.45) is 0 Å². The Bertz CT molecular complexity index is 636. The summed E-state index contributed by atoms with van der Waals surface area (Å²) >= 11 is 0. The summed E-state index contributed by atoms with van der Waals surface area (Å²) in [5, 5.41) is 0. The van der Waals surface area contributed by atoms with Gasteiger partial charge in [-0.25, -0.2) is 9.97 Å². The summed E-state index contributed by atoms with van der Waals surface area (Å²) in [5.74, 6) is 0.637. The molecule has 114 valence electrons. The zero-order valence-corrected chi connectivity index (χ0v) is 12.8. The van der Waals surface area contributed by atoms with Crippen LogP contribution in [0.15, 0.2) is 42.6 Å². The molecule has 0 unspecified atom stereocenters. The number of piperazine rings is 1. The number of amides is 1. The molecule has 0 aliphatic carbocycles. The lowest BCUT2D eigenvalue weighted by Gasteiger charge is -2.34. The Morgan fingerprint density at radius 3 is 2.50 bits per heavy atom. The summed E-state index contributed by atoms with van der Waals surface area (Å²) < 4.78 is 0. The lowest BCUT2D eigenvalue weighted by atomic mass is 10.2. The summed E-state index contributed by atoms with van der Waals surface area (Å²) in [6, 6.07) is 12.1. The highest BCUT2D eigenvalue weighted by Gasteiger charge is 2.23. The molecule has 2 aromatic rings. The number of rotatable bonds is 3. The minimum absolute atomic E-state index is 0.00450. The normalized spacial score (nSPS) is 15.8. The van der Waals surface area contributed by atoms with Crippen LogP contribution in [-0.2, 0) is 6.54 Å². The van der Waals surface area contributed by atoms with Crippen LogP contribution in [0.1, 0.15) is 21.9 Å². The topological polar surface area (TPSA) is 49.3 Å². The zero-order chi connectivity index (χ0) is 15.4. The molecule has 0 saturated carbocycles. The first-order valence-electron chi connectivity index (χ1n) is 7.57. The summed E-state index contributed by atoms with van der Waals surface area (Å²) in [6.45, 7) is 6.02. The van der Waals surface area contributed by atoms with Crippen molar-refractivity contribution in [1.82, 2.24) is 19.8 Å². The van der Waals surface area contributed by atoms with Gasteiger partial charge in [-0.1, -0.05) is 30.3 Å². The van der Waals surface area contributed by atoms with Gasteiger partial charge in [-0.15, -0.1) is 0 Å². The molecule has 1 aromatic carbocycles. The van der Waals surface area contributed by atoms with Crippen LogP contribution in [-0.4, -0.2) is 51.9 Å². The van der Waals surface area contributed by atoms with Crippen molar-refractivity contribution in [2.45, 2.75) is 13.5 Å². The minimum Gasteiger partial charge on any atom is -0.335 e. The first-order valence-corrected chi connectivity index (χ1v) is 7.57. The molecule has 1 aliphatic heterocycles. The van der Waals surface area contributed by atoms with E-state index in [1.54, 1.807) is 19.2 Å². The molecule has 1 saturated heterocycles. The van der Waals surface area contributed by atoms with E-state index in [9.17, 15) is 4.79 Å². The predicted octanol–water partition coefficient (Wildman–Crippen LogP) is 1.74. The Hall–Kier alpha value is -2.27. The first-order chi connectivity index (χ1) is 10.7. The van der Waals surface area contributed by atoms with Crippen molar-refractivity contribution in [1.29, 1.82) is 0 Å². The largest absolute Gasteiger partial charge is 0.335 e. The number of carbonyl (C=O) groups is 1. The third kappa shape index (κ3) is 3.49. The van der Waals surface area contributed by atoms with Gasteiger partial charge in [0.25, 0.3) is 5.91 Å². The number of hydrogen-bond acceptors (Lipinski definition) is 4. The van der Waals surface area contributed by atoms with Crippen LogP contribution in [0.3, 0.4) is 0 Å². The van der Waals surface area contributed by atoms with Crippen molar-refractivity contribution in [3.63, 3.8) is 0 Å². The van der Waals surface area contributed by atoms with Crippen LogP contribution in [0.5, 0.6) is 0 Å². The van der Waals surface area contributed by atoms with Crippen LogP contribution in [0, 0.1) is 6.92 Å². The van der Waals surface area contributed by atoms with Crippen molar-refractivity contribution < 1.29 is 4.79 Å². The van der Waals surface area contributed by atoms with E-state index >= 15 is 0 Å². The third-order valence-corrected chi connectivity index (χ3v) is 3.90. The van der Waals surface area contributed by atoms with Gasteiger partial charge in [0.05, 0.1) is 0 Å². The highest BCUT2D eigenvalue weighted by Crippen LogP contribution is 2.10. The number of nitrogens with zero attached hydrogens (tertiary/aromatic N) is 4. The van der Waals surface area contributed by atoms with E-state index in [4.69, 9.17) is 0 Å². The molecule has 1 aromatic heterocycles. The highest BCUT2D eigenvalue weighted by molar-refractivity contribution is 5.92. The quantitative estimate of drug-likeness (QED) is 0.866. The molecule has 2 heterocycles. The van der Waals surface area contributed by atoms with E-state index in [0.29, 0.717) is 11.5 Å². The van der Waals surface area contributed by atoms with Crippen molar-refractivity contribution in [3.8, 4) is 0 Å². The fraction of sp³-hybridized carbons (Fsp3) is 0.353. The molecule has 1 fully saturated rings. The number of aryl methyl sites for hydroxylation is 1. The molecular weight excluding hydrogens is 276 g/mol. The lowest BCUT2D eigenvalue weighted by Crippen LogP contribution is -2.48. The van der Waals surface area contributed by atoms with Crippen LogP contribution >= 0.6 is 0 Å². The summed E-state index contributed by atoms with van der Waals surface area (Å²) in [7, 11) is 0. The van der Waals surface area contributed by atoms with Gasteiger partial charge >= 0.3 is 0 Å². The Morgan fingerprint density at radius 2 is 1.82 bits per heavy atom. The second kappa shape index (κ2) is 6.66. The summed E-state index contributed by atoms with van der Waals surface area (Å²) in [6.07, 6.45) is 1.64. The molecule has 0 bridgehead atoms. The molecular formula is C17H20N4O. The number of hydrogen-bond donors (Lipinski definition) is 0. The molecule has 5 nitrogen and oxygen atoms in total.